The fourth-order valence-electron chi connectivity index (χ4n) is 2.25. The summed E-state index contributed by atoms with van der Waals surface area (Å²) in [6, 6.07) is 1.79. The summed E-state index contributed by atoms with van der Waals surface area (Å²) in [5.74, 6) is 0.724. The molecule has 17 heavy (non-hydrogen) atoms. The number of hydrogen-bond acceptors (Lipinski definition) is 4. The highest BCUT2D eigenvalue weighted by atomic mass is 19.1. The lowest BCUT2D eigenvalue weighted by atomic mass is 10.1. The van der Waals surface area contributed by atoms with Crippen molar-refractivity contribution in [2.75, 3.05) is 13.1 Å². The molecule has 0 radical (unpaired) electrons. The molecule has 3 rings (SSSR count). The second-order valence-corrected chi connectivity index (χ2v) is 4.39. The van der Waals surface area contributed by atoms with Gasteiger partial charge in [-0.25, -0.2) is 4.39 Å². The van der Waals surface area contributed by atoms with Crippen LogP contribution in [0.3, 0.4) is 0 Å². The lowest BCUT2D eigenvalue weighted by Gasteiger charge is -2.27. The molecule has 1 saturated heterocycles. The largest absolute Gasteiger partial charge is 0.487 e. The van der Waals surface area contributed by atoms with Gasteiger partial charge in [-0.05, 0) is 19.0 Å². The number of fused-ring (bicyclic) bond motifs is 1. The van der Waals surface area contributed by atoms with Gasteiger partial charge in [0.2, 0.25) is 0 Å². The lowest BCUT2D eigenvalue weighted by molar-refractivity contribution is 0.0704. The number of piperidine rings is 1. The highest BCUT2D eigenvalue weighted by Crippen LogP contribution is 2.29. The molecule has 2 atom stereocenters. The first-order valence-corrected chi connectivity index (χ1v) is 5.90. The maximum Gasteiger partial charge on any atom is 0.149 e. The maximum absolute atomic E-state index is 13.7. The first-order valence-electron chi connectivity index (χ1n) is 5.90. The van der Waals surface area contributed by atoms with Gasteiger partial charge in [-0.1, -0.05) is 0 Å². The molecule has 1 fully saturated rings. The smallest absolute Gasteiger partial charge is 0.149 e. The van der Waals surface area contributed by atoms with Crippen molar-refractivity contribution < 1.29 is 13.9 Å². The zero-order valence-corrected chi connectivity index (χ0v) is 9.49. The molecule has 0 spiro atoms. The fraction of sp³-hybridized carbons (Fsp3) is 0.583. The van der Waals surface area contributed by atoms with Crippen molar-refractivity contribution >= 4 is 0 Å². The zero-order valence-electron chi connectivity index (χ0n) is 9.49. The predicted octanol–water partition coefficient (Wildman–Crippen LogP) is 1.19. The molecule has 0 amide bonds. The summed E-state index contributed by atoms with van der Waals surface area (Å²) in [6.07, 6.45) is 1.08. The topological polar surface area (TPSA) is 43.4 Å². The van der Waals surface area contributed by atoms with Crippen LogP contribution in [0, 0.1) is 0 Å². The molecular formula is C12H15FN2O2. The van der Waals surface area contributed by atoms with Crippen molar-refractivity contribution in [1.82, 2.24) is 10.3 Å². The Kier molecular flexibility index (Phi) is 2.94. The van der Waals surface area contributed by atoms with E-state index in [1.54, 1.807) is 12.3 Å². The molecule has 0 aromatic carbocycles. The third kappa shape index (κ3) is 2.12. The van der Waals surface area contributed by atoms with Gasteiger partial charge in [0.05, 0.1) is 18.9 Å². The summed E-state index contributed by atoms with van der Waals surface area (Å²) in [5, 5.41) is 3.01. The molecule has 92 valence electrons. The molecule has 0 bridgehead atoms. The van der Waals surface area contributed by atoms with Crippen molar-refractivity contribution in [2.24, 2.45) is 0 Å². The molecule has 1 N–H and O–H groups in total. The molecule has 0 saturated carbocycles. The number of nitrogens with one attached hydrogen (secondary N) is 1. The number of rotatable bonds is 2. The SMILES string of the molecule is F[C@@H]1CNCC[C@H]1Oc1ccnc2c1COC2. The number of ether oxygens (including phenoxy) is 2. The van der Waals surface area contributed by atoms with Gasteiger partial charge in [0.15, 0.2) is 0 Å². The van der Waals surface area contributed by atoms with Gasteiger partial charge in [-0.15, -0.1) is 0 Å². The van der Waals surface area contributed by atoms with Crippen molar-refractivity contribution in [1.29, 1.82) is 0 Å². The van der Waals surface area contributed by atoms with Crippen LogP contribution in [0.1, 0.15) is 17.7 Å². The van der Waals surface area contributed by atoms with E-state index in [-0.39, 0.29) is 6.10 Å². The quantitative estimate of drug-likeness (QED) is 0.840. The Bertz CT molecular complexity index is 413. The summed E-state index contributed by atoms with van der Waals surface area (Å²) in [4.78, 5) is 4.22. The van der Waals surface area contributed by atoms with E-state index >= 15 is 0 Å². The van der Waals surface area contributed by atoms with Crippen LogP contribution in [-0.4, -0.2) is 30.3 Å². The van der Waals surface area contributed by atoms with Crippen LogP contribution in [0.4, 0.5) is 4.39 Å². The normalized spacial score (nSPS) is 27.8. The van der Waals surface area contributed by atoms with E-state index < -0.39 is 6.17 Å². The van der Waals surface area contributed by atoms with E-state index in [1.807, 2.05) is 0 Å². The van der Waals surface area contributed by atoms with Crippen molar-refractivity contribution in [3.8, 4) is 5.75 Å². The standard InChI is InChI=1S/C12H15FN2O2/c13-9-5-14-3-1-12(9)17-11-2-4-15-10-7-16-6-8(10)11/h2,4,9,12,14H,1,3,5-7H2/t9-,12-/m1/s1. The zero-order chi connectivity index (χ0) is 11.7. The second-order valence-electron chi connectivity index (χ2n) is 4.39. The van der Waals surface area contributed by atoms with Crippen LogP contribution in [0.25, 0.3) is 0 Å². The molecule has 1 aromatic heterocycles. The van der Waals surface area contributed by atoms with Gasteiger partial charge >= 0.3 is 0 Å². The minimum absolute atomic E-state index is 0.358. The van der Waals surface area contributed by atoms with Gasteiger partial charge in [0, 0.05) is 18.3 Å². The van der Waals surface area contributed by atoms with E-state index in [1.165, 1.54) is 0 Å². The molecule has 3 heterocycles. The van der Waals surface area contributed by atoms with Gasteiger partial charge < -0.3 is 14.8 Å². The Balaban J connectivity index is 1.78. The summed E-state index contributed by atoms with van der Waals surface area (Å²) in [5.41, 5.74) is 1.88. The molecule has 5 heteroatoms. The molecule has 4 nitrogen and oxygen atoms in total. The molecule has 2 aliphatic heterocycles. The molecule has 0 unspecified atom stereocenters. The van der Waals surface area contributed by atoms with E-state index in [9.17, 15) is 4.39 Å². The number of aromatic nitrogens is 1. The van der Waals surface area contributed by atoms with Crippen LogP contribution in [0.15, 0.2) is 12.3 Å². The van der Waals surface area contributed by atoms with Crippen LogP contribution >= 0.6 is 0 Å². The summed E-state index contributed by atoms with van der Waals surface area (Å²) >= 11 is 0. The summed E-state index contributed by atoms with van der Waals surface area (Å²) < 4.78 is 24.7. The molecule has 2 aliphatic rings. The third-order valence-electron chi connectivity index (χ3n) is 3.21. The summed E-state index contributed by atoms with van der Waals surface area (Å²) in [6.45, 7) is 2.21. The van der Waals surface area contributed by atoms with E-state index in [0.717, 1.165) is 23.6 Å². The molecule has 0 aliphatic carbocycles. The molecular weight excluding hydrogens is 223 g/mol. The van der Waals surface area contributed by atoms with Gasteiger partial charge in [-0.2, -0.15) is 0 Å². The second kappa shape index (κ2) is 4.58. The average Bonchev–Trinajstić information content (AvgIpc) is 2.81. The van der Waals surface area contributed by atoms with Crippen molar-refractivity contribution in [3.63, 3.8) is 0 Å². The van der Waals surface area contributed by atoms with Crippen LogP contribution in [0.2, 0.25) is 0 Å². The minimum Gasteiger partial charge on any atom is -0.487 e. The van der Waals surface area contributed by atoms with E-state index in [2.05, 4.69) is 10.3 Å². The van der Waals surface area contributed by atoms with E-state index in [0.29, 0.717) is 26.2 Å². The number of halogens is 1. The Morgan fingerprint density at radius 2 is 2.41 bits per heavy atom. The Morgan fingerprint density at radius 3 is 3.29 bits per heavy atom. The number of nitrogens with zero attached hydrogens (tertiary/aromatic N) is 1. The summed E-state index contributed by atoms with van der Waals surface area (Å²) in [7, 11) is 0. The van der Waals surface area contributed by atoms with Gasteiger partial charge in [-0.3, -0.25) is 4.98 Å². The minimum atomic E-state index is -0.949. The Labute approximate surface area is 99.1 Å². The maximum atomic E-state index is 13.7. The van der Waals surface area contributed by atoms with Crippen LogP contribution < -0.4 is 10.1 Å². The average molecular weight is 238 g/mol. The first kappa shape index (κ1) is 10.9. The monoisotopic (exact) mass is 238 g/mol. The first-order chi connectivity index (χ1) is 8.34. The highest BCUT2D eigenvalue weighted by Gasteiger charge is 2.28. The van der Waals surface area contributed by atoms with Crippen molar-refractivity contribution in [3.05, 3.63) is 23.5 Å². The lowest BCUT2D eigenvalue weighted by Crippen LogP contribution is -2.44. The molecule has 1 aromatic rings. The number of pyridine rings is 1. The van der Waals surface area contributed by atoms with E-state index in [4.69, 9.17) is 9.47 Å². The predicted molar refractivity (Wildman–Crippen MR) is 59.5 cm³/mol. The van der Waals surface area contributed by atoms with Gasteiger partial charge in [0.1, 0.15) is 18.0 Å². The number of alkyl halides is 1. The number of hydrogen-bond donors (Lipinski definition) is 1. The van der Waals surface area contributed by atoms with Gasteiger partial charge in [0.25, 0.3) is 0 Å². The van der Waals surface area contributed by atoms with Crippen molar-refractivity contribution in [2.45, 2.75) is 31.9 Å². The Hall–Kier alpha value is -1.20. The third-order valence-corrected chi connectivity index (χ3v) is 3.21. The van der Waals surface area contributed by atoms with Crippen LogP contribution in [-0.2, 0) is 18.0 Å². The van der Waals surface area contributed by atoms with Crippen LogP contribution in [0.5, 0.6) is 5.75 Å². The fourth-order valence-corrected chi connectivity index (χ4v) is 2.25. The Morgan fingerprint density at radius 1 is 1.47 bits per heavy atom. The highest BCUT2D eigenvalue weighted by molar-refractivity contribution is 5.37.